The van der Waals surface area contributed by atoms with E-state index < -0.39 is 24.3 Å². The molecule has 0 spiro atoms. The average molecular weight is 627 g/mol. The molecule has 0 saturated carbocycles. The molecule has 0 bridgehead atoms. The quantitative estimate of drug-likeness (QED) is 0.173. The number of para-hydroxylation sites is 1. The Morgan fingerprint density at radius 3 is 2.43 bits per heavy atom. The predicted octanol–water partition coefficient (Wildman–Crippen LogP) is 7.64. The predicted molar refractivity (Wildman–Crippen MR) is 152 cm³/mol. The fourth-order valence-electron chi connectivity index (χ4n) is 4.22. The van der Waals surface area contributed by atoms with Crippen molar-refractivity contribution < 1.29 is 31.1 Å². The molecule has 1 atom stereocenters. The summed E-state index contributed by atoms with van der Waals surface area (Å²) in [5, 5.41) is 10.2. The van der Waals surface area contributed by atoms with Crippen LogP contribution in [0.2, 0.25) is 5.02 Å². The van der Waals surface area contributed by atoms with Gasteiger partial charge < -0.3 is 9.64 Å². The molecule has 0 aliphatic carbocycles. The summed E-state index contributed by atoms with van der Waals surface area (Å²) < 4.78 is 82.1. The number of hydrogen-bond acceptors (Lipinski definition) is 7. The molecular formula is C27H21ClF6N6OS. The van der Waals surface area contributed by atoms with Crippen LogP contribution in [0.25, 0.3) is 0 Å². The number of benzene rings is 3. The Hall–Kier alpha value is -3.75. The molecule has 3 aromatic carbocycles. The number of anilines is 2. The summed E-state index contributed by atoms with van der Waals surface area (Å²) in [5.41, 5.74) is 4.23. The summed E-state index contributed by atoms with van der Waals surface area (Å²) >= 11 is 7.50. The van der Waals surface area contributed by atoms with Gasteiger partial charge in [-0.25, -0.2) is 4.99 Å². The highest BCUT2D eigenvalue weighted by molar-refractivity contribution is 8.14. The fraction of sp³-hybridized carbons (Fsp3) is 0.222. The average Bonchev–Trinajstić information content (AvgIpc) is 3.43. The lowest BCUT2D eigenvalue weighted by molar-refractivity contribution is -0.274. The maximum Gasteiger partial charge on any atom is 0.573 e. The number of nitrogens with one attached hydrogen (secondary N) is 1. The van der Waals surface area contributed by atoms with Crippen LogP contribution in [0.15, 0.2) is 81.9 Å². The third-order valence-corrected chi connectivity index (χ3v) is 7.45. The second kappa shape index (κ2) is 12.2. The third kappa shape index (κ3) is 7.17. The molecule has 15 heteroatoms. The molecule has 2 aliphatic rings. The minimum absolute atomic E-state index is 0.0196. The lowest BCUT2D eigenvalue weighted by atomic mass is 10.1. The van der Waals surface area contributed by atoms with Crippen molar-refractivity contribution >= 4 is 52.5 Å². The molecule has 0 aromatic heterocycles. The number of alkyl halides is 6. The Labute approximate surface area is 245 Å². The normalized spacial score (nSPS) is 18.8. The van der Waals surface area contributed by atoms with Crippen molar-refractivity contribution in [2.75, 3.05) is 22.2 Å². The number of hydrazine groups is 1. The smallest absolute Gasteiger partial charge is 0.406 e. The summed E-state index contributed by atoms with van der Waals surface area (Å²) in [6, 6.07) is 16.2. The van der Waals surface area contributed by atoms with E-state index >= 15 is 0 Å². The van der Waals surface area contributed by atoms with Crippen molar-refractivity contribution in [1.82, 2.24) is 5.43 Å². The van der Waals surface area contributed by atoms with Crippen LogP contribution in [0.5, 0.6) is 5.75 Å². The summed E-state index contributed by atoms with van der Waals surface area (Å²) in [6.45, 7) is 0.320. The summed E-state index contributed by atoms with van der Waals surface area (Å²) in [4.78, 5) is 5.84. The minimum Gasteiger partial charge on any atom is -0.406 e. The van der Waals surface area contributed by atoms with E-state index in [-0.39, 0.29) is 16.5 Å². The van der Waals surface area contributed by atoms with E-state index in [1.807, 2.05) is 12.1 Å². The highest BCUT2D eigenvalue weighted by Crippen LogP contribution is 2.42. The van der Waals surface area contributed by atoms with Crippen molar-refractivity contribution in [2.45, 2.75) is 25.1 Å². The van der Waals surface area contributed by atoms with Crippen LogP contribution < -0.4 is 20.1 Å². The van der Waals surface area contributed by atoms with Crippen LogP contribution in [0.3, 0.4) is 0 Å². The number of rotatable bonds is 6. The zero-order valence-electron chi connectivity index (χ0n) is 21.4. The first-order valence-corrected chi connectivity index (χ1v) is 13.8. The number of hydrogen-bond donors (Lipinski definition) is 1. The Morgan fingerprint density at radius 2 is 1.74 bits per heavy atom. The van der Waals surface area contributed by atoms with E-state index in [1.165, 1.54) is 65.6 Å². The maximum absolute atomic E-state index is 13.7. The fourth-order valence-corrected chi connectivity index (χ4v) is 5.40. The molecule has 2 heterocycles. The summed E-state index contributed by atoms with van der Waals surface area (Å²) in [6.07, 6.45) is -6.12. The maximum atomic E-state index is 13.7. The zero-order valence-corrected chi connectivity index (χ0v) is 23.0. The van der Waals surface area contributed by atoms with E-state index in [2.05, 4.69) is 25.4 Å². The van der Waals surface area contributed by atoms with Gasteiger partial charge in [-0.15, -0.1) is 18.3 Å². The van der Waals surface area contributed by atoms with Crippen molar-refractivity contribution in [3.63, 3.8) is 0 Å². The largest absolute Gasteiger partial charge is 0.573 e. The number of aliphatic imine (C=N–C) groups is 1. The Bertz CT molecular complexity index is 1490. The van der Waals surface area contributed by atoms with Crippen molar-refractivity contribution in [2.24, 2.45) is 15.2 Å². The second-order valence-electron chi connectivity index (χ2n) is 8.99. The Balaban J connectivity index is 1.24. The van der Waals surface area contributed by atoms with Gasteiger partial charge >= 0.3 is 12.5 Å². The molecule has 7 nitrogen and oxygen atoms in total. The van der Waals surface area contributed by atoms with Crippen LogP contribution in [-0.4, -0.2) is 36.4 Å². The van der Waals surface area contributed by atoms with Crippen molar-refractivity contribution in [1.29, 1.82) is 0 Å². The molecule has 220 valence electrons. The molecule has 1 N–H and O–H groups in total. The van der Waals surface area contributed by atoms with Crippen LogP contribution in [0.4, 0.5) is 37.7 Å². The standard InChI is InChI=1S/C27H21ClF6N6OS/c28-22-4-1-3-21(26(29,30)31)23(22)39-13-2-14-42-25(39)37-36-15-17-5-7-18(8-6-17)24-35-16-40(38-24)19-9-11-20(12-10-19)41-27(32,33)34/h1,3-12,15-16,24,38H,2,13-14H2/b36-15+,37-25-. The van der Waals surface area contributed by atoms with Gasteiger partial charge in [0, 0.05) is 12.3 Å². The highest BCUT2D eigenvalue weighted by atomic mass is 35.5. The van der Waals surface area contributed by atoms with E-state index in [4.69, 9.17) is 11.6 Å². The number of ether oxygens (including phenoxy) is 1. The zero-order chi connectivity index (χ0) is 29.9. The van der Waals surface area contributed by atoms with Crippen molar-refractivity contribution in [3.8, 4) is 5.75 Å². The van der Waals surface area contributed by atoms with Gasteiger partial charge in [0.15, 0.2) is 5.17 Å². The monoisotopic (exact) mass is 626 g/mol. The number of thioether (sulfide) groups is 1. The second-order valence-corrected chi connectivity index (χ2v) is 10.5. The molecule has 5 rings (SSSR count). The third-order valence-electron chi connectivity index (χ3n) is 6.09. The first-order chi connectivity index (χ1) is 20.0. The summed E-state index contributed by atoms with van der Waals surface area (Å²) in [5.74, 6) is 0.356. The first kappa shape index (κ1) is 29.7. The molecule has 42 heavy (non-hydrogen) atoms. The Kier molecular flexibility index (Phi) is 8.66. The molecular weight excluding hydrogens is 606 g/mol. The van der Waals surface area contributed by atoms with Gasteiger partial charge in [0.2, 0.25) is 0 Å². The SMILES string of the molecule is FC(F)(F)Oc1ccc(N2C=NC(c3ccc(/C=N/N=C4\SCCCN4c4c(Cl)cccc4C(F)(F)F)cc3)N2)cc1. The number of halogens is 7. The molecule has 1 saturated heterocycles. The van der Waals surface area contributed by atoms with Crippen LogP contribution in [-0.2, 0) is 6.18 Å². The Morgan fingerprint density at radius 1 is 1.00 bits per heavy atom. The van der Waals surface area contributed by atoms with Crippen LogP contribution >= 0.6 is 23.4 Å². The molecule has 1 unspecified atom stereocenters. The van der Waals surface area contributed by atoms with E-state index in [0.29, 0.717) is 35.1 Å². The minimum atomic E-state index is -4.77. The van der Waals surface area contributed by atoms with Gasteiger partial charge in [-0.1, -0.05) is 53.7 Å². The lowest BCUT2D eigenvalue weighted by Gasteiger charge is -2.31. The van der Waals surface area contributed by atoms with Gasteiger partial charge in [0.05, 0.1) is 28.2 Å². The van der Waals surface area contributed by atoms with E-state index in [1.54, 1.807) is 17.1 Å². The van der Waals surface area contributed by atoms with Gasteiger partial charge in [-0.2, -0.15) is 23.7 Å². The first-order valence-electron chi connectivity index (χ1n) is 12.4. The highest BCUT2D eigenvalue weighted by Gasteiger charge is 2.37. The van der Waals surface area contributed by atoms with Gasteiger partial charge in [0.1, 0.15) is 18.3 Å². The van der Waals surface area contributed by atoms with Crippen LogP contribution in [0, 0.1) is 0 Å². The van der Waals surface area contributed by atoms with Gasteiger partial charge in [-0.05, 0) is 53.9 Å². The molecule has 2 aliphatic heterocycles. The lowest BCUT2D eigenvalue weighted by Crippen LogP contribution is -2.35. The van der Waals surface area contributed by atoms with Gasteiger partial charge in [-0.3, -0.25) is 5.01 Å². The number of amidine groups is 1. The van der Waals surface area contributed by atoms with Crippen molar-refractivity contribution in [3.05, 3.63) is 88.4 Å². The van der Waals surface area contributed by atoms with Crippen LogP contribution in [0.1, 0.15) is 29.3 Å². The molecule has 0 amide bonds. The topological polar surface area (TPSA) is 64.8 Å². The number of nitrogens with zero attached hydrogens (tertiary/aromatic N) is 5. The molecule has 0 radical (unpaired) electrons. The molecule has 1 fully saturated rings. The molecule has 3 aromatic rings. The van der Waals surface area contributed by atoms with Gasteiger partial charge in [0.25, 0.3) is 0 Å². The van der Waals surface area contributed by atoms with E-state index in [0.717, 1.165) is 11.6 Å². The van der Waals surface area contributed by atoms with E-state index in [9.17, 15) is 26.3 Å². The summed E-state index contributed by atoms with van der Waals surface area (Å²) in [7, 11) is 0.